The predicted molar refractivity (Wildman–Crippen MR) is 94.7 cm³/mol. The van der Waals surface area contributed by atoms with Gasteiger partial charge >= 0.3 is 0 Å². The van der Waals surface area contributed by atoms with Crippen molar-refractivity contribution in [3.05, 3.63) is 18.2 Å². The Kier molecular flexibility index (Phi) is 5.77. The molecule has 2 aliphatic rings. The van der Waals surface area contributed by atoms with E-state index in [1.165, 1.54) is 12.8 Å². The number of anilines is 1. The van der Waals surface area contributed by atoms with Crippen LogP contribution in [0.15, 0.2) is 18.2 Å². The molecule has 1 aliphatic heterocycles. The van der Waals surface area contributed by atoms with Crippen LogP contribution in [0, 0.1) is 17.2 Å². The molecule has 0 aromatic heterocycles. The molecule has 134 valence electrons. The van der Waals surface area contributed by atoms with Crippen molar-refractivity contribution in [1.82, 2.24) is 4.90 Å². The molecule has 1 N–H and O–H groups in total. The number of ether oxygens (including phenoxy) is 2. The topological polar surface area (TPSA) is 74.6 Å². The number of carbonyl (C=O) groups is 1. The summed E-state index contributed by atoms with van der Waals surface area (Å²) in [6.45, 7) is 4.34. The third-order valence-electron chi connectivity index (χ3n) is 4.77. The average molecular weight is 343 g/mol. The molecule has 6 nitrogen and oxygen atoms in total. The van der Waals surface area contributed by atoms with Crippen LogP contribution in [0.25, 0.3) is 0 Å². The number of carbonyl (C=O) groups excluding carboxylic acids is 1. The van der Waals surface area contributed by atoms with Crippen molar-refractivity contribution in [2.45, 2.75) is 38.6 Å². The highest BCUT2D eigenvalue weighted by molar-refractivity contribution is 5.92. The molecule has 6 heteroatoms. The fourth-order valence-corrected chi connectivity index (χ4v) is 3.12. The van der Waals surface area contributed by atoms with Crippen LogP contribution in [0.1, 0.15) is 32.6 Å². The first-order chi connectivity index (χ1) is 12.2. The molecule has 0 spiro atoms. The van der Waals surface area contributed by atoms with Gasteiger partial charge in [-0.15, -0.1) is 0 Å². The summed E-state index contributed by atoms with van der Waals surface area (Å²) in [4.78, 5) is 14.6. The van der Waals surface area contributed by atoms with Gasteiger partial charge in [-0.2, -0.15) is 5.26 Å². The first-order valence-corrected chi connectivity index (χ1v) is 8.98. The van der Waals surface area contributed by atoms with Crippen molar-refractivity contribution in [2.24, 2.45) is 5.92 Å². The number of hydrogen-bond acceptors (Lipinski definition) is 5. The van der Waals surface area contributed by atoms with E-state index in [9.17, 15) is 4.79 Å². The number of fused-ring (bicyclic) bond motifs is 1. The molecule has 1 aromatic carbocycles. The number of nitrogens with zero attached hydrogens (tertiary/aromatic N) is 2. The van der Waals surface area contributed by atoms with Gasteiger partial charge in [-0.1, -0.05) is 0 Å². The molecule has 1 saturated carbocycles. The molecule has 0 radical (unpaired) electrons. The van der Waals surface area contributed by atoms with Gasteiger partial charge in [-0.25, -0.2) is 0 Å². The SMILES string of the molecule is C[C@@H](C1CC1)N(CCC#N)CC(=O)Nc1ccc2c(c1)OCCCO2. The summed E-state index contributed by atoms with van der Waals surface area (Å²) in [5.74, 6) is 1.97. The minimum absolute atomic E-state index is 0.0695. The van der Waals surface area contributed by atoms with Crippen molar-refractivity contribution >= 4 is 11.6 Å². The molecular formula is C19H25N3O3. The Morgan fingerprint density at radius 2 is 2.12 bits per heavy atom. The Bertz CT molecular complexity index is 652. The van der Waals surface area contributed by atoms with E-state index in [-0.39, 0.29) is 5.91 Å². The van der Waals surface area contributed by atoms with Crippen LogP contribution in [-0.4, -0.2) is 43.2 Å². The van der Waals surface area contributed by atoms with Gasteiger partial charge in [-0.3, -0.25) is 9.69 Å². The Morgan fingerprint density at radius 3 is 2.84 bits per heavy atom. The lowest BCUT2D eigenvalue weighted by atomic mass is 10.1. The first kappa shape index (κ1) is 17.6. The third kappa shape index (κ3) is 4.86. The molecule has 0 bridgehead atoms. The van der Waals surface area contributed by atoms with E-state index >= 15 is 0 Å². The number of benzene rings is 1. The third-order valence-corrected chi connectivity index (χ3v) is 4.77. The molecule has 1 fully saturated rings. The van der Waals surface area contributed by atoms with Crippen LogP contribution >= 0.6 is 0 Å². The van der Waals surface area contributed by atoms with Crippen molar-refractivity contribution in [3.63, 3.8) is 0 Å². The second-order valence-corrected chi connectivity index (χ2v) is 6.72. The second-order valence-electron chi connectivity index (χ2n) is 6.72. The fourth-order valence-electron chi connectivity index (χ4n) is 3.12. The summed E-state index contributed by atoms with van der Waals surface area (Å²) in [5, 5.41) is 11.8. The van der Waals surface area contributed by atoms with Gasteiger partial charge in [0.1, 0.15) is 0 Å². The van der Waals surface area contributed by atoms with Crippen LogP contribution in [0.5, 0.6) is 11.5 Å². The zero-order valence-electron chi connectivity index (χ0n) is 14.7. The number of amides is 1. The average Bonchev–Trinajstić information content (AvgIpc) is 3.44. The van der Waals surface area contributed by atoms with Gasteiger partial charge in [0.05, 0.1) is 25.8 Å². The van der Waals surface area contributed by atoms with Crippen LogP contribution in [0.3, 0.4) is 0 Å². The minimum atomic E-state index is -0.0695. The van der Waals surface area contributed by atoms with E-state index in [0.717, 1.165) is 6.42 Å². The van der Waals surface area contributed by atoms with Gasteiger partial charge < -0.3 is 14.8 Å². The lowest BCUT2D eigenvalue weighted by molar-refractivity contribution is -0.117. The van der Waals surface area contributed by atoms with Crippen LogP contribution in [0.2, 0.25) is 0 Å². The molecule has 1 atom stereocenters. The van der Waals surface area contributed by atoms with Gasteiger partial charge in [0.15, 0.2) is 11.5 Å². The van der Waals surface area contributed by atoms with E-state index in [2.05, 4.69) is 23.2 Å². The molecular weight excluding hydrogens is 318 g/mol. The Morgan fingerprint density at radius 1 is 1.36 bits per heavy atom. The lowest BCUT2D eigenvalue weighted by Gasteiger charge is -2.27. The molecule has 1 amide bonds. The molecule has 1 heterocycles. The Hall–Kier alpha value is -2.26. The molecule has 0 unspecified atom stereocenters. The summed E-state index contributed by atoms with van der Waals surface area (Å²) < 4.78 is 11.3. The van der Waals surface area contributed by atoms with Crippen LogP contribution in [0.4, 0.5) is 5.69 Å². The molecule has 25 heavy (non-hydrogen) atoms. The quantitative estimate of drug-likeness (QED) is 0.824. The minimum Gasteiger partial charge on any atom is -0.490 e. The summed E-state index contributed by atoms with van der Waals surface area (Å²) in [6.07, 6.45) is 3.72. The van der Waals surface area contributed by atoms with Gasteiger partial charge in [0, 0.05) is 37.2 Å². The maximum Gasteiger partial charge on any atom is 0.238 e. The largest absolute Gasteiger partial charge is 0.490 e. The summed E-state index contributed by atoms with van der Waals surface area (Å²) in [7, 11) is 0. The highest BCUT2D eigenvalue weighted by atomic mass is 16.5. The number of nitriles is 1. The normalized spacial score (nSPS) is 17.5. The maximum absolute atomic E-state index is 12.5. The highest BCUT2D eigenvalue weighted by Gasteiger charge is 2.32. The van der Waals surface area contributed by atoms with Crippen LogP contribution in [-0.2, 0) is 4.79 Å². The first-order valence-electron chi connectivity index (χ1n) is 8.98. The highest BCUT2D eigenvalue weighted by Crippen LogP contribution is 2.35. The van der Waals surface area contributed by atoms with E-state index < -0.39 is 0 Å². The maximum atomic E-state index is 12.5. The predicted octanol–water partition coefficient (Wildman–Crippen LogP) is 2.80. The van der Waals surface area contributed by atoms with Gasteiger partial charge in [0.2, 0.25) is 5.91 Å². The number of rotatable bonds is 7. The van der Waals surface area contributed by atoms with E-state index in [1.807, 2.05) is 18.2 Å². The van der Waals surface area contributed by atoms with E-state index in [0.29, 0.717) is 61.9 Å². The zero-order valence-corrected chi connectivity index (χ0v) is 14.7. The van der Waals surface area contributed by atoms with Crippen molar-refractivity contribution in [1.29, 1.82) is 5.26 Å². The van der Waals surface area contributed by atoms with Crippen molar-refractivity contribution in [2.75, 3.05) is 31.6 Å². The number of hydrogen-bond donors (Lipinski definition) is 1. The Balaban J connectivity index is 1.60. The van der Waals surface area contributed by atoms with Crippen molar-refractivity contribution < 1.29 is 14.3 Å². The summed E-state index contributed by atoms with van der Waals surface area (Å²) in [6, 6.07) is 7.97. The van der Waals surface area contributed by atoms with E-state index in [1.54, 1.807) is 0 Å². The van der Waals surface area contributed by atoms with Gasteiger partial charge in [-0.05, 0) is 37.8 Å². The molecule has 1 aromatic rings. The smallest absolute Gasteiger partial charge is 0.238 e. The summed E-state index contributed by atoms with van der Waals surface area (Å²) in [5.41, 5.74) is 0.702. The van der Waals surface area contributed by atoms with E-state index in [4.69, 9.17) is 14.7 Å². The number of nitrogens with one attached hydrogen (secondary N) is 1. The molecule has 1 aliphatic carbocycles. The standard InChI is InChI=1S/C19H25N3O3/c1-14(15-4-5-15)22(9-2-8-20)13-19(23)21-16-6-7-17-18(12-16)25-11-3-10-24-17/h6-7,12,14-15H,2-5,9-11,13H2,1H3,(H,21,23)/t14-/m0/s1. The molecule has 0 saturated heterocycles. The lowest BCUT2D eigenvalue weighted by Crippen LogP contribution is -2.41. The van der Waals surface area contributed by atoms with Crippen LogP contribution < -0.4 is 14.8 Å². The fraction of sp³-hybridized carbons (Fsp3) is 0.579. The monoisotopic (exact) mass is 343 g/mol. The summed E-state index contributed by atoms with van der Waals surface area (Å²) >= 11 is 0. The Labute approximate surface area is 148 Å². The van der Waals surface area contributed by atoms with Gasteiger partial charge in [0.25, 0.3) is 0 Å². The second kappa shape index (κ2) is 8.21. The van der Waals surface area contributed by atoms with Crippen molar-refractivity contribution in [3.8, 4) is 17.6 Å². The zero-order chi connectivity index (χ0) is 17.6. The molecule has 3 rings (SSSR count).